The van der Waals surface area contributed by atoms with Crippen molar-refractivity contribution in [2.24, 2.45) is 0 Å². The molecule has 0 fully saturated rings. The second kappa shape index (κ2) is 9.06. The first-order valence-corrected chi connectivity index (χ1v) is 14.8. The topological polar surface area (TPSA) is 13.1 Å². The molecular formula is C41H32O. The number of fused-ring (bicyclic) bond motifs is 6. The van der Waals surface area contributed by atoms with Crippen LogP contribution in [0.1, 0.15) is 27.8 Å². The van der Waals surface area contributed by atoms with E-state index in [9.17, 15) is 0 Å². The van der Waals surface area contributed by atoms with Gasteiger partial charge in [0, 0.05) is 10.8 Å². The van der Waals surface area contributed by atoms with Crippen LogP contribution in [0.5, 0.6) is 0 Å². The van der Waals surface area contributed by atoms with E-state index in [2.05, 4.69) is 138 Å². The zero-order valence-corrected chi connectivity index (χ0v) is 24.7. The van der Waals surface area contributed by atoms with Crippen LogP contribution in [-0.2, 0) is 0 Å². The predicted molar refractivity (Wildman–Crippen MR) is 181 cm³/mol. The molecule has 0 aliphatic heterocycles. The van der Waals surface area contributed by atoms with E-state index in [1.54, 1.807) is 0 Å². The summed E-state index contributed by atoms with van der Waals surface area (Å²) in [5.41, 5.74) is 14.0. The fraction of sp³-hybridized carbons (Fsp3) is 0.122. The van der Waals surface area contributed by atoms with Crippen LogP contribution in [0.15, 0.2) is 108 Å². The molecule has 0 saturated carbocycles. The number of furan rings is 1. The maximum absolute atomic E-state index is 6.36. The summed E-state index contributed by atoms with van der Waals surface area (Å²) in [4.78, 5) is 0. The van der Waals surface area contributed by atoms with Gasteiger partial charge in [-0.2, -0.15) is 0 Å². The van der Waals surface area contributed by atoms with Gasteiger partial charge in [0.15, 0.2) is 0 Å². The molecule has 0 saturated heterocycles. The van der Waals surface area contributed by atoms with Gasteiger partial charge in [0.2, 0.25) is 0 Å². The van der Waals surface area contributed by atoms with E-state index in [-0.39, 0.29) is 0 Å². The van der Waals surface area contributed by atoms with Crippen LogP contribution in [0.2, 0.25) is 0 Å². The first-order chi connectivity index (χ1) is 20.4. The Kier molecular flexibility index (Phi) is 5.37. The maximum Gasteiger partial charge on any atom is 0.136 e. The van der Waals surface area contributed by atoms with Crippen LogP contribution in [0.3, 0.4) is 0 Å². The van der Waals surface area contributed by atoms with Crippen LogP contribution >= 0.6 is 0 Å². The molecule has 1 heterocycles. The van der Waals surface area contributed by atoms with E-state index in [0.29, 0.717) is 0 Å². The Labute approximate surface area is 246 Å². The van der Waals surface area contributed by atoms with Gasteiger partial charge in [-0.05, 0) is 141 Å². The molecule has 0 amide bonds. The number of hydrogen-bond donors (Lipinski definition) is 0. The zero-order valence-electron chi connectivity index (χ0n) is 24.7. The fourth-order valence-corrected chi connectivity index (χ4v) is 7.20. The monoisotopic (exact) mass is 540 g/mol. The molecule has 0 atom stereocenters. The molecule has 1 aromatic heterocycles. The molecule has 1 heteroatoms. The van der Waals surface area contributed by atoms with Gasteiger partial charge in [0.25, 0.3) is 0 Å². The average molecular weight is 541 g/mol. The molecule has 42 heavy (non-hydrogen) atoms. The van der Waals surface area contributed by atoms with E-state index in [1.807, 2.05) is 0 Å². The molecule has 0 aliphatic rings. The summed E-state index contributed by atoms with van der Waals surface area (Å²) in [7, 11) is 0. The minimum atomic E-state index is 0.922. The van der Waals surface area contributed by atoms with Crippen molar-refractivity contribution in [3.63, 3.8) is 0 Å². The molecule has 0 radical (unpaired) electrons. The molecule has 0 N–H and O–H groups in total. The lowest BCUT2D eigenvalue weighted by Gasteiger charge is -2.23. The van der Waals surface area contributed by atoms with Crippen LogP contribution in [0.25, 0.3) is 76.5 Å². The van der Waals surface area contributed by atoms with Crippen LogP contribution in [0.4, 0.5) is 0 Å². The molecule has 7 aromatic carbocycles. The second-order valence-electron chi connectivity index (χ2n) is 11.8. The molecule has 0 unspecified atom stereocenters. The minimum Gasteiger partial charge on any atom is -0.456 e. The minimum absolute atomic E-state index is 0.922. The van der Waals surface area contributed by atoms with Crippen molar-refractivity contribution in [2.45, 2.75) is 34.6 Å². The summed E-state index contributed by atoms with van der Waals surface area (Å²) in [5, 5.41) is 9.88. The van der Waals surface area contributed by atoms with Crippen molar-refractivity contribution < 1.29 is 4.42 Å². The average Bonchev–Trinajstić information content (AvgIpc) is 3.38. The Balaban J connectivity index is 1.49. The molecule has 1 nitrogen and oxygen atoms in total. The van der Waals surface area contributed by atoms with Crippen molar-refractivity contribution in [3.8, 4) is 22.3 Å². The summed E-state index contributed by atoms with van der Waals surface area (Å²) >= 11 is 0. The zero-order chi connectivity index (χ0) is 28.7. The summed E-state index contributed by atoms with van der Waals surface area (Å²) in [6.45, 7) is 11.4. The van der Waals surface area contributed by atoms with Crippen LogP contribution in [0, 0.1) is 34.6 Å². The van der Waals surface area contributed by atoms with Crippen molar-refractivity contribution in [3.05, 3.63) is 131 Å². The highest BCUT2D eigenvalue weighted by molar-refractivity contribution is 6.23. The molecule has 8 aromatic rings. The van der Waals surface area contributed by atoms with E-state index >= 15 is 0 Å². The third-order valence-electron chi connectivity index (χ3n) is 9.81. The molecule has 8 rings (SSSR count). The normalized spacial score (nSPS) is 11.9. The Morgan fingerprint density at radius 2 is 0.833 bits per heavy atom. The van der Waals surface area contributed by atoms with Gasteiger partial charge in [-0.3, -0.25) is 0 Å². The molecule has 0 spiro atoms. The number of rotatable bonds is 2. The highest BCUT2D eigenvalue weighted by atomic mass is 16.3. The van der Waals surface area contributed by atoms with E-state index in [4.69, 9.17) is 4.42 Å². The van der Waals surface area contributed by atoms with Gasteiger partial charge in [0.1, 0.15) is 11.2 Å². The quantitative estimate of drug-likeness (QED) is 0.199. The van der Waals surface area contributed by atoms with Gasteiger partial charge in [-0.15, -0.1) is 0 Å². The molecule has 202 valence electrons. The van der Waals surface area contributed by atoms with Gasteiger partial charge in [-0.1, -0.05) is 78.9 Å². The second-order valence-corrected chi connectivity index (χ2v) is 11.8. The largest absolute Gasteiger partial charge is 0.456 e. The lowest BCUT2D eigenvalue weighted by Crippen LogP contribution is -2.01. The van der Waals surface area contributed by atoms with Crippen LogP contribution < -0.4 is 0 Å². The Hall–Kier alpha value is -4.88. The Morgan fingerprint density at radius 3 is 1.43 bits per heavy atom. The fourth-order valence-electron chi connectivity index (χ4n) is 7.20. The first kappa shape index (κ1) is 24.9. The maximum atomic E-state index is 6.36. The SMILES string of the molecule is Cc1c(C)c(C)c(-c2c3ccccc3c(-c3ccc4oc5cc6ccccc6cc5c4c3)c3ccccc23)c(C)c1C. The number of hydrogen-bond acceptors (Lipinski definition) is 1. The standard InChI is InChI=1S/C41H32O/c1-23-24(2)26(4)39(27(5)25(23)3)41-33-16-10-8-14-31(33)40(32-15-9-11-17-34(32)41)30-18-19-37-35(21-30)36-20-28-12-6-7-13-29(28)22-38(36)42-37/h6-22H,1-5H3. The first-order valence-electron chi connectivity index (χ1n) is 14.8. The molecule has 0 aliphatic carbocycles. The van der Waals surface area contributed by atoms with E-state index < -0.39 is 0 Å². The summed E-state index contributed by atoms with van der Waals surface area (Å²) in [5.74, 6) is 0. The summed E-state index contributed by atoms with van der Waals surface area (Å²) in [6, 6.07) is 37.6. The van der Waals surface area contributed by atoms with Crippen molar-refractivity contribution in [1.29, 1.82) is 0 Å². The number of benzene rings is 7. The molecular weight excluding hydrogens is 508 g/mol. The lowest BCUT2D eigenvalue weighted by molar-refractivity contribution is 0.669. The van der Waals surface area contributed by atoms with E-state index in [0.717, 1.165) is 21.9 Å². The summed E-state index contributed by atoms with van der Waals surface area (Å²) < 4.78 is 6.36. The lowest BCUT2D eigenvalue weighted by atomic mass is 9.80. The van der Waals surface area contributed by atoms with Gasteiger partial charge in [-0.25, -0.2) is 0 Å². The van der Waals surface area contributed by atoms with Crippen molar-refractivity contribution in [2.75, 3.05) is 0 Å². The Bertz CT molecular complexity index is 2310. The van der Waals surface area contributed by atoms with Gasteiger partial charge < -0.3 is 4.42 Å². The van der Waals surface area contributed by atoms with Gasteiger partial charge >= 0.3 is 0 Å². The van der Waals surface area contributed by atoms with Crippen molar-refractivity contribution >= 4 is 54.3 Å². The predicted octanol–water partition coefficient (Wildman–Crippen LogP) is 11.9. The highest BCUT2D eigenvalue weighted by Gasteiger charge is 2.22. The highest BCUT2D eigenvalue weighted by Crippen LogP contribution is 2.47. The third kappa shape index (κ3) is 3.43. The Morgan fingerprint density at radius 1 is 0.357 bits per heavy atom. The third-order valence-corrected chi connectivity index (χ3v) is 9.81. The van der Waals surface area contributed by atoms with E-state index in [1.165, 1.54) is 82.4 Å². The smallest absolute Gasteiger partial charge is 0.136 e. The van der Waals surface area contributed by atoms with Gasteiger partial charge in [0.05, 0.1) is 0 Å². The summed E-state index contributed by atoms with van der Waals surface area (Å²) in [6.07, 6.45) is 0. The molecule has 0 bridgehead atoms. The van der Waals surface area contributed by atoms with Crippen LogP contribution in [-0.4, -0.2) is 0 Å². The van der Waals surface area contributed by atoms with Crippen molar-refractivity contribution in [1.82, 2.24) is 0 Å².